The maximum absolute atomic E-state index is 11.9. The van der Waals surface area contributed by atoms with Crippen LogP contribution in [-0.4, -0.2) is 22.5 Å². The lowest BCUT2D eigenvalue weighted by Gasteiger charge is -2.07. The zero-order valence-electron chi connectivity index (χ0n) is 9.94. The van der Waals surface area contributed by atoms with Crippen molar-refractivity contribution in [2.45, 2.75) is 0 Å². The number of ether oxygens (including phenoxy) is 1. The minimum absolute atomic E-state index is 0.202. The van der Waals surface area contributed by atoms with E-state index in [1.807, 2.05) is 0 Å². The Hall–Kier alpha value is -2.08. The molecular formula is C13H9BrN2O3. The fourth-order valence-corrected chi connectivity index (χ4v) is 2.77. The fourth-order valence-electron chi connectivity index (χ4n) is 2.12. The predicted octanol–water partition coefficient (Wildman–Crippen LogP) is 2.33. The van der Waals surface area contributed by atoms with E-state index in [-0.39, 0.29) is 5.56 Å². The van der Waals surface area contributed by atoms with Crippen LogP contribution < -0.4 is 5.56 Å². The Bertz CT molecular complexity index is 863. The van der Waals surface area contributed by atoms with Crippen molar-refractivity contribution in [2.24, 2.45) is 0 Å². The zero-order chi connectivity index (χ0) is 13.6. The molecule has 3 rings (SSSR count). The van der Waals surface area contributed by atoms with E-state index in [1.165, 1.54) is 7.11 Å². The summed E-state index contributed by atoms with van der Waals surface area (Å²) >= 11 is 3.42. The fraction of sp³-hybridized carbons (Fsp3) is 0.0769. The molecule has 3 aromatic rings. The summed E-state index contributed by atoms with van der Waals surface area (Å²) in [4.78, 5) is 26.2. The number of carbonyl (C=O) groups is 1. The van der Waals surface area contributed by atoms with Gasteiger partial charge in [-0.15, -0.1) is 0 Å². The maximum Gasteiger partial charge on any atom is 0.337 e. The molecule has 2 aromatic heterocycles. The molecule has 0 bridgehead atoms. The number of hydrogen-bond acceptors (Lipinski definition) is 3. The average Bonchev–Trinajstić information content (AvgIpc) is 2.86. The van der Waals surface area contributed by atoms with Gasteiger partial charge in [0.15, 0.2) is 0 Å². The van der Waals surface area contributed by atoms with Gasteiger partial charge < -0.3 is 14.1 Å². The SMILES string of the molecule is COC(=O)c1cc(Br)c2c(c1)[nH]c(=O)c1cccn12. The van der Waals surface area contributed by atoms with E-state index in [4.69, 9.17) is 0 Å². The summed E-state index contributed by atoms with van der Waals surface area (Å²) in [6, 6.07) is 6.81. The third-order valence-corrected chi connectivity index (χ3v) is 3.56. The van der Waals surface area contributed by atoms with E-state index in [2.05, 4.69) is 25.7 Å². The number of rotatable bonds is 1. The minimum atomic E-state index is -0.448. The monoisotopic (exact) mass is 320 g/mol. The van der Waals surface area contributed by atoms with Crippen LogP contribution in [0.15, 0.2) is 39.7 Å². The Kier molecular flexibility index (Phi) is 2.67. The van der Waals surface area contributed by atoms with Crippen LogP contribution in [0.1, 0.15) is 10.4 Å². The van der Waals surface area contributed by atoms with Crippen molar-refractivity contribution in [2.75, 3.05) is 7.11 Å². The second-order valence-electron chi connectivity index (χ2n) is 4.06. The molecule has 0 saturated carbocycles. The van der Waals surface area contributed by atoms with Gasteiger partial charge in [-0.1, -0.05) is 0 Å². The largest absolute Gasteiger partial charge is 0.465 e. The standard InChI is InChI=1S/C13H9BrN2O3/c1-19-13(18)7-5-8(14)11-9(6-7)15-12(17)10-3-2-4-16(10)11/h2-6H,1H3,(H,15,17). The predicted molar refractivity (Wildman–Crippen MR) is 74.6 cm³/mol. The van der Waals surface area contributed by atoms with Gasteiger partial charge in [0.1, 0.15) is 5.52 Å². The number of H-pyrrole nitrogens is 1. The third-order valence-electron chi connectivity index (χ3n) is 2.96. The van der Waals surface area contributed by atoms with E-state index >= 15 is 0 Å². The van der Waals surface area contributed by atoms with Crippen LogP contribution in [0, 0.1) is 0 Å². The molecule has 1 N–H and O–H groups in total. The molecule has 1 aromatic carbocycles. The van der Waals surface area contributed by atoms with Gasteiger partial charge in [0, 0.05) is 10.7 Å². The molecule has 19 heavy (non-hydrogen) atoms. The lowest BCUT2D eigenvalue weighted by Crippen LogP contribution is -2.11. The second-order valence-corrected chi connectivity index (χ2v) is 4.92. The van der Waals surface area contributed by atoms with Gasteiger partial charge >= 0.3 is 5.97 Å². The van der Waals surface area contributed by atoms with Gasteiger partial charge in [-0.3, -0.25) is 4.79 Å². The summed E-state index contributed by atoms with van der Waals surface area (Å²) in [5.41, 5.74) is 2.10. The van der Waals surface area contributed by atoms with Gasteiger partial charge in [0.2, 0.25) is 0 Å². The molecule has 0 aliphatic rings. The molecule has 0 radical (unpaired) electrons. The maximum atomic E-state index is 11.9. The third kappa shape index (κ3) is 1.76. The Morgan fingerprint density at radius 2 is 2.21 bits per heavy atom. The summed E-state index contributed by atoms with van der Waals surface area (Å²) in [6.45, 7) is 0. The van der Waals surface area contributed by atoms with Gasteiger partial charge in [-0.25, -0.2) is 4.79 Å². The summed E-state index contributed by atoms with van der Waals surface area (Å²) in [5.74, 6) is -0.448. The molecule has 0 spiro atoms. The molecule has 0 amide bonds. The highest BCUT2D eigenvalue weighted by atomic mass is 79.9. The highest BCUT2D eigenvalue weighted by Gasteiger charge is 2.13. The molecule has 2 heterocycles. The highest BCUT2D eigenvalue weighted by Crippen LogP contribution is 2.25. The highest BCUT2D eigenvalue weighted by molar-refractivity contribution is 9.10. The zero-order valence-corrected chi connectivity index (χ0v) is 11.5. The molecule has 96 valence electrons. The van der Waals surface area contributed by atoms with Gasteiger partial charge in [0.05, 0.1) is 23.7 Å². The van der Waals surface area contributed by atoms with E-state index in [1.54, 1.807) is 34.9 Å². The molecule has 0 atom stereocenters. The van der Waals surface area contributed by atoms with E-state index in [0.717, 1.165) is 5.52 Å². The number of aromatic nitrogens is 2. The van der Waals surface area contributed by atoms with Crippen molar-refractivity contribution in [3.8, 4) is 0 Å². The van der Waals surface area contributed by atoms with Gasteiger partial charge in [-0.05, 0) is 40.2 Å². The number of halogens is 1. The smallest absolute Gasteiger partial charge is 0.337 e. The molecule has 0 fully saturated rings. The second kappa shape index (κ2) is 4.24. The average molecular weight is 321 g/mol. The lowest BCUT2D eigenvalue weighted by molar-refractivity contribution is 0.0601. The number of benzene rings is 1. The van der Waals surface area contributed by atoms with Crippen molar-refractivity contribution < 1.29 is 9.53 Å². The first-order valence-electron chi connectivity index (χ1n) is 5.53. The first-order valence-corrected chi connectivity index (χ1v) is 6.32. The van der Waals surface area contributed by atoms with Crippen LogP contribution >= 0.6 is 15.9 Å². The van der Waals surface area contributed by atoms with E-state index in [0.29, 0.717) is 21.1 Å². The number of esters is 1. The minimum Gasteiger partial charge on any atom is -0.465 e. The molecule has 5 nitrogen and oxygen atoms in total. The topological polar surface area (TPSA) is 63.6 Å². The molecule has 0 aliphatic carbocycles. The Morgan fingerprint density at radius 3 is 2.95 bits per heavy atom. The van der Waals surface area contributed by atoms with Gasteiger partial charge in [0.25, 0.3) is 5.56 Å². The van der Waals surface area contributed by atoms with Crippen molar-refractivity contribution in [1.29, 1.82) is 0 Å². The molecule has 0 saturated heterocycles. The van der Waals surface area contributed by atoms with Crippen molar-refractivity contribution >= 4 is 38.4 Å². The molecule has 6 heteroatoms. The van der Waals surface area contributed by atoms with Crippen molar-refractivity contribution in [3.63, 3.8) is 0 Å². The number of hydrogen-bond donors (Lipinski definition) is 1. The van der Waals surface area contributed by atoms with E-state index in [9.17, 15) is 9.59 Å². The van der Waals surface area contributed by atoms with Crippen molar-refractivity contribution in [1.82, 2.24) is 9.38 Å². The Labute approximate surface area is 115 Å². The van der Waals surface area contributed by atoms with Crippen LogP contribution in [0.25, 0.3) is 16.6 Å². The van der Waals surface area contributed by atoms with Crippen molar-refractivity contribution in [3.05, 3.63) is 50.9 Å². The number of nitrogens with zero attached hydrogens (tertiary/aromatic N) is 1. The number of nitrogens with one attached hydrogen (secondary N) is 1. The normalized spacial score (nSPS) is 11.1. The molecular weight excluding hydrogens is 312 g/mol. The summed E-state index contributed by atoms with van der Waals surface area (Å²) in [7, 11) is 1.32. The van der Waals surface area contributed by atoms with Crippen LogP contribution in [0.2, 0.25) is 0 Å². The molecule has 0 unspecified atom stereocenters. The van der Waals surface area contributed by atoms with Crippen LogP contribution in [0.3, 0.4) is 0 Å². The van der Waals surface area contributed by atoms with Crippen LogP contribution in [0.5, 0.6) is 0 Å². The Balaban J connectivity index is 2.47. The Morgan fingerprint density at radius 1 is 1.42 bits per heavy atom. The number of carbonyl (C=O) groups excluding carboxylic acids is 1. The van der Waals surface area contributed by atoms with E-state index < -0.39 is 5.97 Å². The first kappa shape index (κ1) is 12.0. The number of fused-ring (bicyclic) bond motifs is 3. The van der Waals surface area contributed by atoms with Gasteiger partial charge in [-0.2, -0.15) is 0 Å². The van der Waals surface area contributed by atoms with Crippen LogP contribution in [0.4, 0.5) is 0 Å². The lowest BCUT2D eigenvalue weighted by atomic mass is 10.2. The quantitative estimate of drug-likeness (QED) is 0.700. The first-order chi connectivity index (χ1) is 9.11. The summed E-state index contributed by atoms with van der Waals surface area (Å²) in [5, 5.41) is 0. The van der Waals surface area contributed by atoms with Crippen LogP contribution in [-0.2, 0) is 4.74 Å². The molecule has 0 aliphatic heterocycles. The summed E-state index contributed by atoms with van der Waals surface area (Å²) in [6.07, 6.45) is 1.80. The number of methoxy groups -OCH3 is 1. The number of aromatic amines is 1. The summed E-state index contributed by atoms with van der Waals surface area (Å²) < 4.78 is 7.17.